The van der Waals surface area contributed by atoms with Crippen LogP contribution in [0.3, 0.4) is 0 Å². The fourth-order valence-electron chi connectivity index (χ4n) is 3.52. The number of hydrogen-bond acceptors (Lipinski definition) is 4. The molecular formula is C23H15F4NO3. The summed E-state index contributed by atoms with van der Waals surface area (Å²) in [4.78, 5) is 28.4. The van der Waals surface area contributed by atoms with Crippen molar-refractivity contribution in [3.05, 3.63) is 94.6 Å². The average molecular weight is 429 g/mol. The van der Waals surface area contributed by atoms with Gasteiger partial charge in [-0.3, -0.25) is 14.6 Å². The number of esters is 1. The van der Waals surface area contributed by atoms with E-state index in [1.54, 1.807) is 12.1 Å². The number of benzene rings is 2. The summed E-state index contributed by atoms with van der Waals surface area (Å²) in [6.07, 6.45) is -3.26. The molecule has 2 aromatic carbocycles. The lowest BCUT2D eigenvalue weighted by molar-refractivity contribution is -0.137. The van der Waals surface area contributed by atoms with Crippen LogP contribution in [0.5, 0.6) is 5.75 Å². The van der Waals surface area contributed by atoms with Gasteiger partial charge in [-0.2, -0.15) is 13.2 Å². The maximum absolute atomic E-state index is 14.5. The van der Waals surface area contributed by atoms with Crippen molar-refractivity contribution in [3.63, 3.8) is 0 Å². The zero-order valence-electron chi connectivity index (χ0n) is 15.9. The van der Waals surface area contributed by atoms with Crippen LogP contribution >= 0.6 is 0 Å². The molecule has 4 nitrogen and oxygen atoms in total. The van der Waals surface area contributed by atoms with Gasteiger partial charge in [0.2, 0.25) is 0 Å². The molecule has 1 aromatic heterocycles. The van der Waals surface area contributed by atoms with E-state index >= 15 is 0 Å². The molecule has 1 atom stereocenters. The van der Waals surface area contributed by atoms with Gasteiger partial charge < -0.3 is 4.74 Å². The number of carbonyl (C=O) groups is 2. The average Bonchev–Trinajstić information content (AvgIpc) is 3.11. The predicted octanol–water partition coefficient (Wildman–Crippen LogP) is 5.11. The van der Waals surface area contributed by atoms with Gasteiger partial charge in [0.05, 0.1) is 17.7 Å². The van der Waals surface area contributed by atoms with E-state index in [4.69, 9.17) is 4.74 Å². The second-order valence-corrected chi connectivity index (χ2v) is 7.14. The van der Waals surface area contributed by atoms with Crippen LogP contribution in [0.4, 0.5) is 17.6 Å². The first-order valence-electron chi connectivity index (χ1n) is 9.37. The van der Waals surface area contributed by atoms with E-state index in [0.717, 1.165) is 12.1 Å². The van der Waals surface area contributed by atoms with Crippen molar-refractivity contribution >= 4 is 11.8 Å². The zero-order chi connectivity index (χ0) is 22.2. The Bertz CT molecular complexity index is 1160. The van der Waals surface area contributed by atoms with Crippen molar-refractivity contribution in [2.75, 3.05) is 0 Å². The number of alkyl halides is 3. The molecule has 1 aliphatic heterocycles. The molecule has 0 spiro atoms. The number of ketones is 1. The first-order chi connectivity index (χ1) is 14.7. The maximum Gasteiger partial charge on any atom is 0.416 e. The molecule has 3 aromatic rings. The van der Waals surface area contributed by atoms with E-state index in [1.165, 1.54) is 36.5 Å². The standard InChI is InChI=1S/C23H15F4NO3/c24-18-2-1-9-28-22(18)17(13-5-7-16(8-6-13)23(25,26)27)12-19(29)14-3-4-15-11-21(30)31-20(15)10-14/h1-10,17H,11-12H2/t17-/m0/s1. The van der Waals surface area contributed by atoms with Gasteiger partial charge in [0.1, 0.15) is 11.6 Å². The van der Waals surface area contributed by atoms with Crippen LogP contribution < -0.4 is 4.74 Å². The SMILES string of the molecule is O=C1Cc2ccc(C(=O)C[C@@H](c3ccc(C(F)(F)F)cc3)c3ncccc3F)cc2O1. The molecular weight excluding hydrogens is 414 g/mol. The van der Waals surface area contributed by atoms with Crippen LogP contribution in [0.25, 0.3) is 0 Å². The Hall–Kier alpha value is -3.55. The van der Waals surface area contributed by atoms with Gasteiger partial charge in [-0.05, 0) is 35.9 Å². The third kappa shape index (κ3) is 4.33. The van der Waals surface area contributed by atoms with Gasteiger partial charge in [0.25, 0.3) is 0 Å². The Labute approximate surface area is 174 Å². The molecule has 0 unspecified atom stereocenters. The molecule has 0 N–H and O–H groups in total. The first-order valence-corrected chi connectivity index (χ1v) is 9.37. The fraction of sp³-hybridized carbons (Fsp3) is 0.174. The summed E-state index contributed by atoms with van der Waals surface area (Å²) in [6, 6.07) is 11.4. The third-order valence-electron chi connectivity index (χ3n) is 5.09. The highest BCUT2D eigenvalue weighted by Crippen LogP contribution is 2.34. The van der Waals surface area contributed by atoms with Crippen LogP contribution in [-0.4, -0.2) is 16.7 Å². The molecule has 0 saturated carbocycles. The van der Waals surface area contributed by atoms with E-state index < -0.39 is 29.4 Å². The van der Waals surface area contributed by atoms with E-state index in [0.29, 0.717) is 16.9 Å². The molecule has 1 aliphatic rings. The number of nitrogens with zero attached hydrogens (tertiary/aromatic N) is 1. The number of pyridine rings is 1. The lowest BCUT2D eigenvalue weighted by Crippen LogP contribution is -2.13. The third-order valence-corrected chi connectivity index (χ3v) is 5.09. The highest BCUT2D eigenvalue weighted by molar-refractivity contribution is 5.98. The number of Topliss-reactive ketones (excluding diaryl/α,β-unsaturated/α-hetero) is 1. The number of aromatic nitrogens is 1. The highest BCUT2D eigenvalue weighted by Gasteiger charge is 2.31. The van der Waals surface area contributed by atoms with E-state index in [1.807, 2.05) is 0 Å². The number of ether oxygens (including phenoxy) is 1. The summed E-state index contributed by atoms with van der Waals surface area (Å²) in [5.41, 5.74) is 0.358. The quantitative estimate of drug-likeness (QED) is 0.245. The molecule has 4 rings (SSSR count). The summed E-state index contributed by atoms with van der Waals surface area (Å²) in [5.74, 6) is -2.07. The van der Waals surface area contributed by atoms with Crippen molar-refractivity contribution in [3.8, 4) is 5.75 Å². The Morgan fingerprint density at radius 2 is 1.84 bits per heavy atom. The second-order valence-electron chi connectivity index (χ2n) is 7.14. The topological polar surface area (TPSA) is 56.3 Å². The lowest BCUT2D eigenvalue weighted by Gasteiger charge is -2.18. The number of fused-ring (bicyclic) bond motifs is 1. The van der Waals surface area contributed by atoms with Crippen molar-refractivity contribution < 1.29 is 31.9 Å². The normalized spacial score (nSPS) is 14.1. The lowest BCUT2D eigenvalue weighted by atomic mass is 9.87. The fourth-order valence-corrected chi connectivity index (χ4v) is 3.52. The summed E-state index contributed by atoms with van der Waals surface area (Å²) < 4.78 is 58.3. The molecule has 31 heavy (non-hydrogen) atoms. The molecule has 0 radical (unpaired) electrons. The molecule has 2 heterocycles. The molecule has 0 bridgehead atoms. The predicted molar refractivity (Wildman–Crippen MR) is 102 cm³/mol. The van der Waals surface area contributed by atoms with Gasteiger partial charge in [0.15, 0.2) is 5.78 Å². The maximum atomic E-state index is 14.5. The number of rotatable bonds is 5. The Morgan fingerprint density at radius 1 is 1.10 bits per heavy atom. The minimum atomic E-state index is -4.51. The van der Waals surface area contributed by atoms with Crippen molar-refractivity contribution in [1.82, 2.24) is 4.98 Å². The van der Waals surface area contributed by atoms with Crippen molar-refractivity contribution in [1.29, 1.82) is 0 Å². The van der Waals surface area contributed by atoms with Crippen LogP contribution in [0.15, 0.2) is 60.8 Å². The Kier molecular flexibility index (Phi) is 5.31. The monoisotopic (exact) mass is 429 g/mol. The first kappa shape index (κ1) is 20.7. The van der Waals surface area contributed by atoms with Gasteiger partial charge in [0, 0.05) is 29.7 Å². The van der Waals surface area contributed by atoms with Crippen LogP contribution in [-0.2, 0) is 17.4 Å². The largest absolute Gasteiger partial charge is 0.426 e. The number of carbonyl (C=O) groups excluding carboxylic acids is 2. The van der Waals surface area contributed by atoms with Gasteiger partial charge in [-0.1, -0.05) is 24.3 Å². The summed E-state index contributed by atoms with van der Waals surface area (Å²) in [7, 11) is 0. The van der Waals surface area contributed by atoms with Gasteiger partial charge >= 0.3 is 12.1 Å². The van der Waals surface area contributed by atoms with Crippen LogP contribution in [0.1, 0.15) is 45.1 Å². The number of halogens is 4. The van der Waals surface area contributed by atoms with Crippen LogP contribution in [0.2, 0.25) is 0 Å². The molecule has 8 heteroatoms. The summed E-state index contributed by atoms with van der Waals surface area (Å²) in [5, 5.41) is 0. The van der Waals surface area contributed by atoms with E-state index in [2.05, 4.69) is 4.98 Å². The zero-order valence-corrected chi connectivity index (χ0v) is 15.9. The van der Waals surface area contributed by atoms with E-state index in [-0.39, 0.29) is 29.9 Å². The van der Waals surface area contributed by atoms with Crippen LogP contribution in [0, 0.1) is 5.82 Å². The Morgan fingerprint density at radius 3 is 2.52 bits per heavy atom. The van der Waals surface area contributed by atoms with Crippen molar-refractivity contribution in [2.24, 2.45) is 0 Å². The Balaban J connectivity index is 1.67. The highest BCUT2D eigenvalue weighted by atomic mass is 19.4. The minimum absolute atomic E-state index is 0.0387. The molecule has 0 amide bonds. The van der Waals surface area contributed by atoms with Crippen molar-refractivity contribution in [2.45, 2.75) is 24.9 Å². The minimum Gasteiger partial charge on any atom is -0.426 e. The molecule has 0 saturated heterocycles. The molecule has 158 valence electrons. The molecule has 0 aliphatic carbocycles. The number of hydrogen-bond donors (Lipinski definition) is 0. The summed E-state index contributed by atoms with van der Waals surface area (Å²) in [6.45, 7) is 0. The summed E-state index contributed by atoms with van der Waals surface area (Å²) >= 11 is 0. The van der Waals surface area contributed by atoms with Gasteiger partial charge in [-0.15, -0.1) is 0 Å². The smallest absolute Gasteiger partial charge is 0.416 e. The molecule has 0 fully saturated rings. The van der Waals surface area contributed by atoms with E-state index in [9.17, 15) is 27.2 Å². The second kappa shape index (κ2) is 7.94. The van der Waals surface area contributed by atoms with Gasteiger partial charge in [-0.25, -0.2) is 4.39 Å².